The average Bonchev–Trinajstić information content (AvgIpc) is 2.97. The second kappa shape index (κ2) is 5.99. The van der Waals surface area contributed by atoms with E-state index in [9.17, 15) is 13.2 Å². The highest BCUT2D eigenvalue weighted by Gasteiger charge is 2.50. The first-order valence-electron chi connectivity index (χ1n) is 7.64. The van der Waals surface area contributed by atoms with Crippen molar-refractivity contribution in [3.05, 3.63) is 24.4 Å². The summed E-state index contributed by atoms with van der Waals surface area (Å²) in [6.45, 7) is 0.643. The molecule has 2 aliphatic rings. The van der Waals surface area contributed by atoms with Crippen LogP contribution in [0.4, 0.5) is 4.79 Å². The van der Waals surface area contributed by atoms with Gasteiger partial charge in [0.15, 0.2) is 9.84 Å². The second-order valence-corrected chi connectivity index (χ2v) is 8.60. The predicted octanol–water partition coefficient (Wildman–Crippen LogP) is 0.629. The monoisotopic (exact) mass is 339 g/mol. The Balaban J connectivity index is 1.81. The highest BCUT2D eigenvalue weighted by atomic mass is 32.2. The minimum atomic E-state index is -3.19. The van der Waals surface area contributed by atoms with E-state index in [2.05, 4.69) is 4.98 Å². The minimum absolute atomic E-state index is 0.0929. The number of rotatable bonds is 2. The van der Waals surface area contributed by atoms with E-state index in [0.29, 0.717) is 18.8 Å². The molecule has 7 nitrogen and oxygen atoms in total. The van der Waals surface area contributed by atoms with Gasteiger partial charge in [-0.05, 0) is 12.5 Å². The standard InChI is InChI=1S/C15H21N3O4S/c1-17(2)15(19)18-9-11-12(22-14-5-3-4-7-16-14)6-8-23(20,21)13(11)10-18/h3-5,7,11-13H,6,8-10H2,1-2H3. The van der Waals surface area contributed by atoms with Gasteiger partial charge >= 0.3 is 6.03 Å². The van der Waals surface area contributed by atoms with Gasteiger partial charge in [-0.15, -0.1) is 0 Å². The molecule has 1 aromatic heterocycles. The van der Waals surface area contributed by atoms with Gasteiger partial charge in [0.05, 0.1) is 11.0 Å². The molecule has 126 valence electrons. The Kier molecular flexibility index (Phi) is 4.18. The third kappa shape index (κ3) is 3.12. The zero-order chi connectivity index (χ0) is 16.6. The van der Waals surface area contributed by atoms with Gasteiger partial charge in [0.2, 0.25) is 5.88 Å². The van der Waals surface area contributed by atoms with E-state index in [4.69, 9.17) is 4.74 Å². The largest absolute Gasteiger partial charge is 0.474 e. The van der Waals surface area contributed by atoms with Gasteiger partial charge in [-0.2, -0.15) is 0 Å². The molecule has 2 amide bonds. The van der Waals surface area contributed by atoms with Crippen LogP contribution in [0.2, 0.25) is 0 Å². The summed E-state index contributed by atoms with van der Waals surface area (Å²) in [5.74, 6) is 0.378. The Hall–Kier alpha value is -1.83. The van der Waals surface area contributed by atoms with E-state index < -0.39 is 15.1 Å². The molecule has 0 aliphatic carbocycles. The molecule has 8 heteroatoms. The number of nitrogens with zero attached hydrogens (tertiary/aromatic N) is 3. The van der Waals surface area contributed by atoms with E-state index in [-0.39, 0.29) is 30.4 Å². The maximum Gasteiger partial charge on any atom is 0.319 e. The van der Waals surface area contributed by atoms with Gasteiger partial charge in [-0.3, -0.25) is 0 Å². The Morgan fingerprint density at radius 3 is 2.78 bits per heavy atom. The molecule has 3 heterocycles. The lowest BCUT2D eigenvalue weighted by Crippen LogP contribution is -2.46. The number of aromatic nitrogens is 1. The molecule has 2 fully saturated rings. The average molecular weight is 339 g/mol. The highest BCUT2D eigenvalue weighted by Crippen LogP contribution is 2.35. The van der Waals surface area contributed by atoms with Crippen LogP contribution >= 0.6 is 0 Å². The normalized spacial score (nSPS) is 29.0. The third-order valence-electron chi connectivity index (χ3n) is 4.50. The van der Waals surface area contributed by atoms with Crippen molar-refractivity contribution in [1.29, 1.82) is 0 Å². The van der Waals surface area contributed by atoms with Crippen LogP contribution in [-0.4, -0.2) is 73.5 Å². The van der Waals surface area contributed by atoms with E-state index in [1.807, 2.05) is 6.07 Å². The number of hydrogen-bond acceptors (Lipinski definition) is 5. The van der Waals surface area contributed by atoms with E-state index in [1.165, 1.54) is 4.90 Å². The maximum atomic E-state index is 12.4. The summed E-state index contributed by atoms with van der Waals surface area (Å²) in [4.78, 5) is 19.4. The molecule has 0 bridgehead atoms. The molecule has 0 saturated carbocycles. The fourth-order valence-corrected chi connectivity index (χ4v) is 5.40. The van der Waals surface area contributed by atoms with Gasteiger partial charge in [0.1, 0.15) is 6.10 Å². The quantitative estimate of drug-likeness (QED) is 0.789. The van der Waals surface area contributed by atoms with Crippen molar-refractivity contribution in [2.24, 2.45) is 5.92 Å². The molecule has 3 rings (SSSR count). The number of pyridine rings is 1. The summed E-state index contributed by atoms with van der Waals surface area (Å²) in [6.07, 6.45) is 1.84. The fourth-order valence-electron chi connectivity index (χ4n) is 3.34. The van der Waals surface area contributed by atoms with Crippen molar-refractivity contribution in [3.63, 3.8) is 0 Å². The predicted molar refractivity (Wildman–Crippen MR) is 85.0 cm³/mol. The molecular formula is C15H21N3O4S. The summed E-state index contributed by atoms with van der Waals surface area (Å²) < 4.78 is 30.7. The smallest absolute Gasteiger partial charge is 0.319 e. The number of fused-ring (bicyclic) bond motifs is 1. The third-order valence-corrected chi connectivity index (χ3v) is 6.72. The second-order valence-electron chi connectivity index (χ2n) is 6.26. The lowest BCUT2D eigenvalue weighted by molar-refractivity contribution is 0.120. The number of urea groups is 1. The van der Waals surface area contributed by atoms with Crippen molar-refractivity contribution >= 4 is 15.9 Å². The molecule has 1 aromatic rings. The number of carbonyl (C=O) groups is 1. The highest BCUT2D eigenvalue weighted by molar-refractivity contribution is 7.92. The number of sulfone groups is 1. The lowest BCUT2D eigenvalue weighted by atomic mass is 9.98. The minimum Gasteiger partial charge on any atom is -0.474 e. The van der Waals surface area contributed by atoms with Crippen molar-refractivity contribution < 1.29 is 17.9 Å². The molecular weight excluding hydrogens is 318 g/mol. The summed E-state index contributed by atoms with van der Waals surface area (Å²) in [7, 11) is 0.144. The molecule has 0 spiro atoms. The molecule has 0 radical (unpaired) electrons. The SMILES string of the molecule is CN(C)C(=O)N1CC2C(Oc3ccccn3)CCS(=O)(=O)C2C1. The first-order valence-corrected chi connectivity index (χ1v) is 9.35. The van der Waals surface area contributed by atoms with E-state index in [0.717, 1.165) is 0 Å². The Morgan fingerprint density at radius 1 is 1.35 bits per heavy atom. The summed E-state index contributed by atoms with van der Waals surface area (Å²) in [5.41, 5.74) is 0. The van der Waals surface area contributed by atoms with Crippen LogP contribution in [0.15, 0.2) is 24.4 Å². The molecule has 3 unspecified atom stereocenters. The molecule has 2 aliphatic heterocycles. The molecule has 0 N–H and O–H groups in total. The maximum absolute atomic E-state index is 12.4. The van der Waals surface area contributed by atoms with Crippen LogP contribution in [0.5, 0.6) is 5.88 Å². The lowest BCUT2D eigenvalue weighted by Gasteiger charge is -2.32. The van der Waals surface area contributed by atoms with Gasteiger partial charge in [0.25, 0.3) is 0 Å². The van der Waals surface area contributed by atoms with Gasteiger partial charge in [0, 0.05) is 45.4 Å². The number of amides is 2. The molecule has 2 saturated heterocycles. The number of likely N-dealkylation sites (tertiary alicyclic amines) is 1. The first kappa shape index (κ1) is 16.0. The van der Waals surface area contributed by atoms with Crippen LogP contribution in [0.25, 0.3) is 0 Å². The van der Waals surface area contributed by atoms with Crippen molar-refractivity contribution in [1.82, 2.24) is 14.8 Å². The van der Waals surface area contributed by atoms with Crippen molar-refractivity contribution in [3.8, 4) is 5.88 Å². The van der Waals surface area contributed by atoms with Gasteiger partial charge < -0.3 is 14.5 Å². The van der Waals surface area contributed by atoms with Crippen LogP contribution in [-0.2, 0) is 9.84 Å². The summed E-state index contributed by atoms with van der Waals surface area (Å²) >= 11 is 0. The Morgan fingerprint density at radius 2 is 2.13 bits per heavy atom. The molecule has 0 aromatic carbocycles. The van der Waals surface area contributed by atoms with Gasteiger partial charge in [-0.25, -0.2) is 18.2 Å². The Bertz CT molecular complexity index is 677. The van der Waals surface area contributed by atoms with E-state index in [1.54, 1.807) is 37.3 Å². The number of ether oxygens (including phenoxy) is 1. The summed E-state index contributed by atoms with van der Waals surface area (Å²) in [5, 5.41) is -0.547. The topological polar surface area (TPSA) is 79.8 Å². The van der Waals surface area contributed by atoms with Gasteiger partial charge in [-0.1, -0.05) is 6.07 Å². The zero-order valence-electron chi connectivity index (χ0n) is 13.3. The van der Waals surface area contributed by atoms with Crippen LogP contribution in [0.1, 0.15) is 6.42 Å². The molecule has 3 atom stereocenters. The fraction of sp³-hybridized carbons (Fsp3) is 0.600. The number of carbonyl (C=O) groups excluding carboxylic acids is 1. The summed E-state index contributed by atoms with van der Waals surface area (Å²) in [6, 6.07) is 5.23. The zero-order valence-corrected chi connectivity index (χ0v) is 14.1. The van der Waals surface area contributed by atoms with E-state index >= 15 is 0 Å². The molecule has 23 heavy (non-hydrogen) atoms. The van der Waals surface area contributed by atoms with Crippen LogP contribution < -0.4 is 4.74 Å². The van der Waals surface area contributed by atoms with Crippen molar-refractivity contribution in [2.45, 2.75) is 17.8 Å². The van der Waals surface area contributed by atoms with Crippen molar-refractivity contribution in [2.75, 3.05) is 32.9 Å². The van der Waals surface area contributed by atoms with Crippen LogP contribution in [0.3, 0.4) is 0 Å². The van der Waals surface area contributed by atoms with Crippen LogP contribution in [0, 0.1) is 5.92 Å². The Labute approximate surface area is 136 Å². The first-order chi connectivity index (χ1) is 10.9. The number of hydrogen-bond donors (Lipinski definition) is 0.